The van der Waals surface area contributed by atoms with Crippen molar-refractivity contribution in [3.05, 3.63) is 76.8 Å². The third kappa shape index (κ3) is 5.73. The van der Waals surface area contributed by atoms with Crippen LogP contribution in [-0.2, 0) is 9.59 Å². The molecule has 10 nitrogen and oxygen atoms in total. The Bertz CT molecular complexity index is 1280. The first-order valence-corrected chi connectivity index (χ1v) is 13.6. The van der Waals surface area contributed by atoms with E-state index in [1.54, 1.807) is 21.9 Å². The molecule has 2 aliphatic heterocycles. The number of anilines is 1. The Balaban J connectivity index is 1.43. The van der Waals surface area contributed by atoms with Gasteiger partial charge in [-0.05, 0) is 44.0 Å². The maximum Gasteiger partial charge on any atom is 0.328 e. The molecule has 0 saturated carbocycles. The van der Waals surface area contributed by atoms with Gasteiger partial charge in [-0.3, -0.25) is 9.59 Å². The summed E-state index contributed by atoms with van der Waals surface area (Å²) in [5.74, 6) is -2.11. The molecule has 0 aromatic heterocycles. The molecule has 4 rings (SSSR count). The maximum absolute atomic E-state index is 13.5. The highest BCUT2D eigenvalue weighted by molar-refractivity contribution is 6.39. The van der Waals surface area contributed by atoms with E-state index in [4.69, 9.17) is 23.2 Å². The number of carbonyl (C=O) groups is 4. The Kier molecular flexibility index (Phi) is 8.90. The lowest BCUT2D eigenvalue weighted by molar-refractivity contribution is -0.140. The van der Waals surface area contributed by atoms with Crippen LogP contribution in [0.4, 0.5) is 10.5 Å². The molecule has 212 valence electrons. The number of carbonyl (C=O) groups excluding carboxylic acids is 3. The van der Waals surface area contributed by atoms with Gasteiger partial charge in [-0.1, -0.05) is 53.5 Å². The van der Waals surface area contributed by atoms with Crippen molar-refractivity contribution in [1.82, 2.24) is 20.4 Å². The number of carboxylic acids is 1. The van der Waals surface area contributed by atoms with Crippen molar-refractivity contribution >= 4 is 52.7 Å². The van der Waals surface area contributed by atoms with Crippen LogP contribution in [0.3, 0.4) is 0 Å². The van der Waals surface area contributed by atoms with E-state index in [0.29, 0.717) is 26.1 Å². The lowest BCUT2D eigenvalue weighted by Gasteiger charge is -2.43. The van der Waals surface area contributed by atoms with Crippen LogP contribution in [0.5, 0.6) is 0 Å². The van der Waals surface area contributed by atoms with Gasteiger partial charge in [0.05, 0.1) is 28.3 Å². The van der Waals surface area contributed by atoms with Crippen molar-refractivity contribution in [3.8, 4) is 0 Å². The number of hydrogen-bond donors (Lipinski definition) is 3. The molecule has 3 N–H and O–H groups in total. The lowest BCUT2D eigenvalue weighted by Crippen LogP contribution is -2.61. The third-order valence-corrected chi connectivity index (χ3v) is 8.03. The van der Waals surface area contributed by atoms with Crippen LogP contribution < -0.4 is 15.5 Å². The van der Waals surface area contributed by atoms with Crippen LogP contribution >= 0.6 is 23.2 Å². The molecule has 2 aromatic rings. The van der Waals surface area contributed by atoms with Gasteiger partial charge in [-0.25, -0.2) is 9.59 Å². The number of carboxylic acid groups (broad SMARTS) is 1. The van der Waals surface area contributed by atoms with Crippen molar-refractivity contribution in [1.29, 1.82) is 0 Å². The minimum atomic E-state index is -1.45. The van der Waals surface area contributed by atoms with Crippen LogP contribution in [0, 0.1) is 0 Å². The summed E-state index contributed by atoms with van der Waals surface area (Å²) in [6.07, 6.45) is 2.50. The standard InChI is InChI=1S/C28H31Cl2N5O5/c1-3-14-34-17-35(19-8-5-4-6-9-19)28(26(34)39)12-15-33(16-13-28)27(40)31-18(2)23(25(37)38)32-24(36)22-20(29)10-7-11-21(22)30/h3-11,18,23H,1,12-17H2,2H3,(H,31,40)(H,32,36)(H,37,38). The summed E-state index contributed by atoms with van der Waals surface area (Å²) >= 11 is 12.2. The summed E-state index contributed by atoms with van der Waals surface area (Å²) in [5, 5.41) is 15.0. The Hall–Kier alpha value is -3.76. The predicted octanol–water partition coefficient (Wildman–Crippen LogP) is 3.60. The number of rotatable bonds is 8. The number of halogens is 2. The summed E-state index contributed by atoms with van der Waals surface area (Å²) in [4.78, 5) is 56.9. The zero-order valence-electron chi connectivity index (χ0n) is 22.0. The fourth-order valence-electron chi connectivity index (χ4n) is 5.27. The number of hydrogen-bond acceptors (Lipinski definition) is 5. The quantitative estimate of drug-likeness (QED) is 0.406. The third-order valence-electron chi connectivity index (χ3n) is 7.40. The molecule has 4 amide bonds. The molecule has 2 saturated heterocycles. The summed E-state index contributed by atoms with van der Waals surface area (Å²) < 4.78 is 0. The van der Waals surface area contributed by atoms with Crippen LogP contribution in [0.2, 0.25) is 10.0 Å². The molecule has 0 bridgehead atoms. The second-order valence-corrected chi connectivity index (χ2v) is 10.7. The van der Waals surface area contributed by atoms with Gasteiger partial charge in [-0.15, -0.1) is 6.58 Å². The van der Waals surface area contributed by atoms with E-state index in [0.717, 1.165) is 5.69 Å². The number of urea groups is 1. The SMILES string of the molecule is C=CCN1CN(c2ccccc2)C2(CCN(C(=O)NC(C)C(NC(=O)c3c(Cl)cccc3Cl)C(=O)O)CC2)C1=O. The zero-order valence-corrected chi connectivity index (χ0v) is 23.5. The van der Waals surface area contributed by atoms with E-state index in [1.165, 1.54) is 19.1 Å². The van der Waals surface area contributed by atoms with E-state index >= 15 is 0 Å². The van der Waals surface area contributed by atoms with Crippen molar-refractivity contribution in [2.45, 2.75) is 37.4 Å². The van der Waals surface area contributed by atoms with E-state index in [-0.39, 0.29) is 34.6 Å². The van der Waals surface area contributed by atoms with Crippen LogP contribution in [0.15, 0.2) is 61.2 Å². The van der Waals surface area contributed by atoms with Crippen molar-refractivity contribution in [2.24, 2.45) is 0 Å². The second kappa shape index (κ2) is 12.2. The second-order valence-electron chi connectivity index (χ2n) is 9.86. The minimum Gasteiger partial charge on any atom is -0.480 e. The molecular weight excluding hydrogens is 557 g/mol. The number of aliphatic carboxylic acids is 1. The van der Waals surface area contributed by atoms with Gasteiger partial charge >= 0.3 is 12.0 Å². The molecule has 2 atom stereocenters. The van der Waals surface area contributed by atoms with Gasteiger partial charge < -0.3 is 30.4 Å². The molecular formula is C28H31Cl2N5O5. The smallest absolute Gasteiger partial charge is 0.328 e. The average Bonchev–Trinajstić information content (AvgIpc) is 3.18. The number of benzene rings is 2. The number of nitrogens with one attached hydrogen (secondary N) is 2. The molecule has 2 aliphatic rings. The van der Waals surface area contributed by atoms with E-state index < -0.39 is 35.5 Å². The fourth-order valence-corrected chi connectivity index (χ4v) is 5.84. The normalized spacial score (nSPS) is 17.9. The maximum atomic E-state index is 13.5. The first-order valence-electron chi connectivity index (χ1n) is 12.8. The number of piperidine rings is 1. The molecule has 0 radical (unpaired) electrons. The molecule has 40 heavy (non-hydrogen) atoms. The Labute approximate surface area is 242 Å². The van der Waals surface area contributed by atoms with E-state index in [9.17, 15) is 24.3 Å². The Morgan fingerprint density at radius 3 is 2.25 bits per heavy atom. The van der Waals surface area contributed by atoms with Gasteiger partial charge in [0.15, 0.2) is 0 Å². The molecule has 0 aliphatic carbocycles. The lowest BCUT2D eigenvalue weighted by atomic mass is 9.85. The van der Waals surface area contributed by atoms with Gasteiger partial charge in [0.25, 0.3) is 5.91 Å². The van der Waals surface area contributed by atoms with Gasteiger partial charge in [-0.2, -0.15) is 0 Å². The minimum absolute atomic E-state index is 0.00318. The Morgan fingerprint density at radius 2 is 1.68 bits per heavy atom. The largest absolute Gasteiger partial charge is 0.480 e. The first kappa shape index (κ1) is 29.2. The zero-order chi connectivity index (χ0) is 29.0. The van der Waals surface area contributed by atoms with Crippen molar-refractivity contribution < 1.29 is 24.3 Å². The molecule has 2 aromatic carbocycles. The topological polar surface area (TPSA) is 122 Å². The highest BCUT2D eigenvalue weighted by Gasteiger charge is 2.54. The predicted molar refractivity (Wildman–Crippen MR) is 153 cm³/mol. The number of amides is 4. The number of likely N-dealkylation sites (tertiary alicyclic amines) is 1. The molecule has 2 heterocycles. The van der Waals surface area contributed by atoms with E-state index in [1.807, 2.05) is 30.3 Å². The van der Waals surface area contributed by atoms with Crippen molar-refractivity contribution in [2.75, 3.05) is 31.2 Å². The Morgan fingerprint density at radius 1 is 1.05 bits per heavy atom. The van der Waals surface area contributed by atoms with Crippen LogP contribution in [0.1, 0.15) is 30.1 Å². The van der Waals surface area contributed by atoms with Crippen molar-refractivity contribution in [3.63, 3.8) is 0 Å². The average molecular weight is 588 g/mol. The van der Waals surface area contributed by atoms with Crippen LogP contribution in [-0.4, -0.2) is 82.6 Å². The van der Waals surface area contributed by atoms with Gasteiger partial charge in [0, 0.05) is 25.3 Å². The molecule has 2 fully saturated rings. The molecule has 12 heteroatoms. The summed E-state index contributed by atoms with van der Waals surface area (Å²) in [6, 6.07) is 11.3. The monoisotopic (exact) mass is 587 g/mol. The first-order chi connectivity index (χ1) is 19.1. The molecule has 1 spiro atoms. The summed E-state index contributed by atoms with van der Waals surface area (Å²) in [7, 11) is 0. The van der Waals surface area contributed by atoms with Gasteiger partial charge in [0.1, 0.15) is 11.6 Å². The number of nitrogens with zero attached hydrogens (tertiary/aromatic N) is 3. The number of para-hydroxylation sites is 1. The fraction of sp³-hybridized carbons (Fsp3) is 0.357. The van der Waals surface area contributed by atoms with Crippen LogP contribution in [0.25, 0.3) is 0 Å². The summed E-state index contributed by atoms with van der Waals surface area (Å²) in [6.45, 7) is 6.68. The van der Waals surface area contributed by atoms with E-state index in [2.05, 4.69) is 22.1 Å². The van der Waals surface area contributed by atoms with Gasteiger partial charge in [0.2, 0.25) is 5.91 Å². The highest BCUT2D eigenvalue weighted by atomic mass is 35.5. The molecule has 2 unspecified atom stereocenters. The summed E-state index contributed by atoms with van der Waals surface area (Å²) in [5.41, 5.74) is 0.0812. The highest BCUT2D eigenvalue weighted by Crippen LogP contribution is 2.39.